The van der Waals surface area contributed by atoms with Gasteiger partial charge in [-0.25, -0.2) is 9.67 Å². The van der Waals surface area contributed by atoms with Gasteiger partial charge in [0, 0.05) is 19.0 Å². The van der Waals surface area contributed by atoms with Crippen molar-refractivity contribution in [2.45, 2.75) is 44.4 Å². The summed E-state index contributed by atoms with van der Waals surface area (Å²) in [6.07, 6.45) is 7.91. The van der Waals surface area contributed by atoms with Gasteiger partial charge in [0.1, 0.15) is 18.4 Å². The monoisotopic (exact) mass is 399 g/mol. The van der Waals surface area contributed by atoms with Gasteiger partial charge in [-0.05, 0) is 62.7 Å². The van der Waals surface area contributed by atoms with Crippen molar-refractivity contribution in [2.24, 2.45) is 17.8 Å². The van der Waals surface area contributed by atoms with E-state index in [1.807, 2.05) is 12.1 Å². The van der Waals surface area contributed by atoms with E-state index >= 15 is 0 Å². The molecule has 0 radical (unpaired) electrons. The summed E-state index contributed by atoms with van der Waals surface area (Å²) < 4.78 is 7.22. The molecule has 8 nitrogen and oxygen atoms in total. The number of hydrogen-bond donors (Lipinski definition) is 1. The minimum absolute atomic E-state index is 0.0290. The predicted octanol–water partition coefficient (Wildman–Crippen LogP) is 1.55. The molecule has 3 fully saturated rings. The molecule has 4 atom stereocenters. The quantitative estimate of drug-likeness (QED) is 0.839. The van der Waals surface area contributed by atoms with Crippen molar-refractivity contribution in [1.82, 2.24) is 24.6 Å². The molecule has 1 N–H and O–H groups in total. The zero-order valence-electron chi connectivity index (χ0n) is 16.6. The van der Waals surface area contributed by atoms with E-state index in [4.69, 9.17) is 4.42 Å². The summed E-state index contributed by atoms with van der Waals surface area (Å²) in [5.41, 5.74) is 0. The fraction of sp³-hybridized carbons (Fsp3) is 0.667. The van der Waals surface area contributed by atoms with Gasteiger partial charge in [0.25, 0.3) is 0 Å². The number of piperidine rings is 1. The number of hydrogen-bond acceptors (Lipinski definition) is 6. The van der Waals surface area contributed by atoms with E-state index in [1.54, 1.807) is 17.3 Å². The Bertz CT molecular complexity index is 800. The number of amides is 1. The number of carbonyl (C=O) groups is 1. The number of nitrogens with zero attached hydrogens (tertiary/aromatic N) is 5. The zero-order valence-corrected chi connectivity index (χ0v) is 16.6. The average Bonchev–Trinajstić information content (AvgIpc) is 3.49. The van der Waals surface area contributed by atoms with Crippen LogP contribution in [0.15, 0.2) is 35.5 Å². The molecule has 5 rings (SSSR count). The molecular weight excluding hydrogens is 370 g/mol. The molecule has 29 heavy (non-hydrogen) atoms. The van der Waals surface area contributed by atoms with Crippen LogP contribution >= 0.6 is 0 Å². The van der Waals surface area contributed by atoms with Crippen molar-refractivity contribution in [3.05, 3.63) is 36.8 Å². The molecule has 0 bridgehead atoms. The molecule has 0 aromatic carbocycles. The van der Waals surface area contributed by atoms with Crippen LogP contribution < -0.4 is 0 Å². The standard InChI is InChI=1S/C21H29N5O3/c27-20-9-17-11-25(10-16(17)8-19(20)26-14-22-13-23-26)21(28)15-3-5-24(6-4-15)12-18-2-1-7-29-18/h1-2,7,13-17,19-20,27H,3-6,8-12H2/t16-,17+,19-,20-/m1/s1. The van der Waals surface area contributed by atoms with Crippen LogP contribution in [0, 0.1) is 17.8 Å². The van der Waals surface area contributed by atoms with Gasteiger partial charge < -0.3 is 14.4 Å². The molecule has 2 aliphatic heterocycles. The van der Waals surface area contributed by atoms with Gasteiger partial charge in [-0.15, -0.1) is 0 Å². The van der Waals surface area contributed by atoms with E-state index < -0.39 is 6.10 Å². The van der Waals surface area contributed by atoms with E-state index in [9.17, 15) is 9.90 Å². The Morgan fingerprint density at radius 1 is 1.21 bits per heavy atom. The van der Waals surface area contributed by atoms with Crippen LogP contribution in [0.25, 0.3) is 0 Å². The first-order chi connectivity index (χ1) is 14.2. The second-order valence-electron chi connectivity index (χ2n) is 8.87. The lowest BCUT2D eigenvalue weighted by Gasteiger charge is -2.34. The summed E-state index contributed by atoms with van der Waals surface area (Å²) in [6, 6.07) is 3.89. The smallest absolute Gasteiger partial charge is 0.225 e. The topological polar surface area (TPSA) is 87.6 Å². The van der Waals surface area contributed by atoms with Gasteiger partial charge in [-0.1, -0.05) is 0 Å². The molecule has 0 unspecified atom stereocenters. The second-order valence-corrected chi connectivity index (χ2v) is 8.87. The average molecular weight is 399 g/mol. The summed E-state index contributed by atoms with van der Waals surface area (Å²) in [6.45, 7) is 4.30. The van der Waals surface area contributed by atoms with E-state index in [2.05, 4.69) is 19.9 Å². The van der Waals surface area contributed by atoms with Gasteiger partial charge in [0.05, 0.1) is 25.0 Å². The molecule has 2 aromatic heterocycles. The van der Waals surface area contributed by atoms with Crippen LogP contribution in [0.3, 0.4) is 0 Å². The highest BCUT2D eigenvalue weighted by Crippen LogP contribution is 2.41. The van der Waals surface area contributed by atoms with Crippen LogP contribution in [0.4, 0.5) is 0 Å². The Hall–Kier alpha value is -2.19. The summed E-state index contributed by atoms with van der Waals surface area (Å²) in [5, 5.41) is 14.8. The zero-order chi connectivity index (χ0) is 19.8. The van der Waals surface area contributed by atoms with Crippen molar-refractivity contribution >= 4 is 5.91 Å². The van der Waals surface area contributed by atoms with Crippen molar-refractivity contribution < 1.29 is 14.3 Å². The number of aliphatic hydroxyl groups is 1. The van der Waals surface area contributed by atoms with Gasteiger partial charge in [-0.2, -0.15) is 5.10 Å². The van der Waals surface area contributed by atoms with Gasteiger partial charge >= 0.3 is 0 Å². The molecule has 156 valence electrons. The number of likely N-dealkylation sites (tertiary alicyclic amines) is 2. The first-order valence-corrected chi connectivity index (χ1v) is 10.7. The van der Waals surface area contributed by atoms with Crippen LogP contribution in [0.5, 0.6) is 0 Å². The summed E-state index contributed by atoms with van der Waals surface area (Å²) in [7, 11) is 0. The summed E-state index contributed by atoms with van der Waals surface area (Å²) in [5.74, 6) is 2.25. The van der Waals surface area contributed by atoms with E-state index in [0.717, 1.165) is 64.2 Å². The number of carbonyl (C=O) groups excluding carboxylic acids is 1. The van der Waals surface area contributed by atoms with Crippen molar-refractivity contribution in [1.29, 1.82) is 0 Å². The fourth-order valence-corrected chi connectivity index (χ4v) is 5.48. The maximum absolute atomic E-state index is 13.2. The largest absolute Gasteiger partial charge is 0.468 e. The molecule has 1 aliphatic carbocycles. The highest BCUT2D eigenvalue weighted by atomic mass is 16.3. The Morgan fingerprint density at radius 2 is 2.00 bits per heavy atom. The second kappa shape index (κ2) is 7.91. The molecule has 1 saturated carbocycles. The summed E-state index contributed by atoms with van der Waals surface area (Å²) >= 11 is 0. The lowest BCUT2D eigenvalue weighted by molar-refractivity contribution is -0.136. The molecule has 0 spiro atoms. The lowest BCUT2D eigenvalue weighted by Crippen LogP contribution is -2.41. The third kappa shape index (κ3) is 3.83. The maximum Gasteiger partial charge on any atom is 0.225 e. The highest BCUT2D eigenvalue weighted by Gasteiger charge is 2.44. The minimum atomic E-state index is -0.419. The predicted molar refractivity (Wildman–Crippen MR) is 105 cm³/mol. The molecule has 4 heterocycles. The third-order valence-corrected chi connectivity index (χ3v) is 7.09. The van der Waals surface area contributed by atoms with E-state index in [0.29, 0.717) is 17.7 Å². The molecule has 2 saturated heterocycles. The van der Waals surface area contributed by atoms with Crippen LogP contribution in [0.2, 0.25) is 0 Å². The lowest BCUT2D eigenvalue weighted by atomic mass is 9.77. The molecule has 1 amide bonds. The van der Waals surface area contributed by atoms with Crippen molar-refractivity contribution in [3.63, 3.8) is 0 Å². The van der Waals surface area contributed by atoms with Gasteiger partial charge in [-0.3, -0.25) is 9.69 Å². The Balaban J connectivity index is 1.15. The Labute approximate surface area is 170 Å². The third-order valence-electron chi connectivity index (χ3n) is 7.09. The maximum atomic E-state index is 13.2. The normalized spacial score (nSPS) is 31.1. The first kappa shape index (κ1) is 18.8. The van der Waals surface area contributed by atoms with Crippen molar-refractivity contribution in [3.8, 4) is 0 Å². The Morgan fingerprint density at radius 3 is 2.69 bits per heavy atom. The fourth-order valence-electron chi connectivity index (χ4n) is 5.48. The molecular formula is C21H29N5O3. The number of rotatable bonds is 4. The van der Waals surface area contributed by atoms with E-state index in [1.165, 1.54) is 6.33 Å². The van der Waals surface area contributed by atoms with Crippen molar-refractivity contribution in [2.75, 3.05) is 26.2 Å². The number of furan rings is 1. The van der Waals surface area contributed by atoms with Crippen LogP contribution in [-0.2, 0) is 11.3 Å². The van der Waals surface area contributed by atoms with Crippen LogP contribution in [-0.4, -0.2) is 67.9 Å². The molecule has 2 aromatic rings. The van der Waals surface area contributed by atoms with Gasteiger partial charge in [0.15, 0.2) is 0 Å². The molecule has 8 heteroatoms. The Kier molecular flexibility index (Phi) is 5.13. The first-order valence-electron chi connectivity index (χ1n) is 10.7. The number of aromatic nitrogens is 3. The highest BCUT2D eigenvalue weighted by molar-refractivity contribution is 5.79. The minimum Gasteiger partial charge on any atom is -0.468 e. The van der Waals surface area contributed by atoms with E-state index in [-0.39, 0.29) is 12.0 Å². The SMILES string of the molecule is O=C(C1CCN(Cc2ccco2)CC1)N1C[C@H]2C[C@@H](n3cncn3)[C@H](O)C[C@H]2C1. The van der Waals surface area contributed by atoms with Gasteiger partial charge in [0.2, 0.25) is 5.91 Å². The number of aliphatic hydroxyl groups excluding tert-OH is 1. The number of fused-ring (bicyclic) bond motifs is 1. The molecule has 3 aliphatic rings. The van der Waals surface area contributed by atoms with Crippen LogP contribution in [0.1, 0.15) is 37.5 Å². The summed E-state index contributed by atoms with van der Waals surface area (Å²) in [4.78, 5) is 21.6.